The summed E-state index contributed by atoms with van der Waals surface area (Å²) in [6.07, 6.45) is 1.52. The highest BCUT2D eigenvalue weighted by Crippen LogP contribution is 2.31. The van der Waals surface area contributed by atoms with Crippen LogP contribution < -0.4 is 4.90 Å². The Morgan fingerprint density at radius 1 is 1.14 bits per heavy atom. The summed E-state index contributed by atoms with van der Waals surface area (Å²) in [5, 5.41) is 5.03. The Bertz CT molecular complexity index is 1080. The number of hydrogen-bond acceptors (Lipinski definition) is 4. The summed E-state index contributed by atoms with van der Waals surface area (Å²) < 4.78 is 21.1. The number of aromatic nitrogens is 2. The molecule has 150 valence electrons. The topological polar surface area (TPSA) is 67.7 Å². The zero-order valence-corrected chi connectivity index (χ0v) is 16.2. The molecule has 1 aromatic heterocycles. The second-order valence-electron chi connectivity index (χ2n) is 7.06. The van der Waals surface area contributed by atoms with Gasteiger partial charge in [0.1, 0.15) is 18.1 Å². The summed E-state index contributed by atoms with van der Waals surface area (Å²) in [7, 11) is 0. The Hall–Kier alpha value is -3.26. The van der Waals surface area contributed by atoms with E-state index < -0.39 is 6.03 Å². The maximum absolute atomic E-state index is 14.2. The second kappa shape index (κ2) is 7.63. The van der Waals surface area contributed by atoms with Gasteiger partial charge in [-0.2, -0.15) is 5.10 Å². The summed E-state index contributed by atoms with van der Waals surface area (Å²) in [4.78, 5) is 27.9. The third-order valence-electron chi connectivity index (χ3n) is 4.81. The van der Waals surface area contributed by atoms with Crippen molar-refractivity contribution in [3.05, 3.63) is 54.5 Å². The number of urea groups is 1. The molecule has 29 heavy (non-hydrogen) atoms. The van der Waals surface area contributed by atoms with Gasteiger partial charge in [-0.15, -0.1) is 0 Å². The van der Waals surface area contributed by atoms with Crippen LogP contribution in [0.5, 0.6) is 0 Å². The van der Waals surface area contributed by atoms with Gasteiger partial charge in [0, 0.05) is 18.5 Å². The molecule has 3 aromatic rings. The highest BCUT2D eigenvalue weighted by atomic mass is 19.1. The lowest BCUT2D eigenvalue weighted by Gasteiger charge is -2.19. The number of amides is 3. The largest absolute Gasteiger partial charge is 0.369 e. The number of nitrogens with zero attached hydrogens (tertiary/aromatic N) is 4. The van der Waals surface area contributed by atoms with Gasteiger partial charge < -0.3 is 4.74 Å². The molecule has 8 heteroatoms. The summed E-state index contributed by atoms with van der Waals surface area (Å²) >= 11 is 0. The zero-order chi connectivity index (χ0) is 20.5. The van der Waals surface area contributed by atoms with E-state index in [1.807, 2.05) is 19.9 Å². The third-order valence-corrected chi connectivity index (χ3v) is 4.81. The van der Waals surface area contributed by atoms with Gasteiger partial charge in [-0.3, -0.25) is 14.6 Å². The number of imide groups is 1. The van der Waals surface area contributed by atoms with E-state index in [2.05, 4.69) is 5.10 Å². The number of halogens is 1. The van der Waals surface area contributed by atoms with Crippen LogP contribution in [-0.2, 0) is 9.53 Å². The molecule has 1 aliphatic rings. The maximum Gasteiger partial charge on any atom is 0.331 e. The van der Waals surface area contributed by atoms with Crippen LogP contribution in [0.25, 0.3) is 16.6 Å². The molecule has 0 spiro atoms. The Kier molecular flexibility index (Phi) is 5.02. The quantitative estimate of drug-likeness (QED) is 0.663. The molecule has 0 radical (unpaired) electrons. The van der Waals surface area contributed by atoms with Crippen molar-refractivity contribution < 1.29 is 18.7 Å². The first-order valence-corrected chi connectivity index (χ1v) is 9.42. The molecule has 2 heterocycles. The van der Waals surface area contributed by atoms with Gasteiger partial charge in [0.25, 0.3) is 5.91 Å². The van der Waals surface area contributed by atoms with Crippen LogP contribution in [-0.4, -0.2) is 52.4 Å². The molecule has 0 bridgehead atoms. The minimum absolute atomic E-state index is 0.0919. The summed E-state index contributed by atoms with van der Waals surface area (Å²) in [6.45, 7) is 4.19. The Morgan fingerprint density at radius 3 is 2.66 bits per heavy atom. The first-order valence-electron chi connectivity index (χ1n) is 9.42. The number of hydrogen-bond donors (Lipinski definition) is 0. The van der Waals surface area contributed by atoms with Crippen molar-refractivity contribution in [1.29, 1.82) is 0 Å². The monoisotopic (exact) mass is 396 g/mol. The molecule has 3 amide bonds. The molecular formula is C21H21FN4O3. The predicted molar refractivity (Wildman–Crippen MR) is 107 cm³/mol. The highest BCUT2D eigenvalue weighted by molar-refractivity contribution is 6.09. The Balaban J connectivity index is 1.65. The number of anilines is 1. The predicted octanol–water partition coefficient (Wildman–Crippen LogP) is 3.36. The minimum atomic E-state index is -0.395. The van der Waals surface area contributed by atoms with Crippen LogP contribution in [0, 0.1) is 5.82 Å². The van der Waals surface area contributed by atoms with Crippen LogP contribution in [0.1, 0.15) is 13.8 Å². The van der Waals surface area contributed by atoms with E-state index in [1.165, 1.54) is 15.6 Å². The molecule has 4 rings (SSSR count). The maximum atomic E-state index is 14.2. The van der Waals surface area contributed by atoms with Gasteiger partial charge in [0.2, 0.25) is 0 Å². The van der Waals surface area contributed by atoms with Gasteiger partial charge in [-0.1, -0.05) is 18.2 Å². The summed E-state index contributed by atoms with van der Waals surface area (Å²) in [5.74, 6) is -0.748. The van der Waals surface area contributed by atoms with E-state index in [4.69, 9.17) is 4.74 Å². The molecule has 1 aliphatic heterocycles. The van der Waals surface area contributed by atoms with Gasteiger partial charge in [-0.05, 0) is 38.1 Å². The second-order valence-corrected chi connectivity index (χ2v) is 7.06. The average molecular weight is 396 g/mol. The fourth-order valence-electron chi connectivity index (χ4n) is 3.39. The van der Waals surface area contributed by atoms with E-state index in [0.29, 0.717) is 28.8 Å². The third kappa shape index (κ3) is 3.47. The van der Waals surface area contributed by atoms with Crippen molar-refractivity contribution in [1.82, 2.24) is 14.7 Å². The van der Waals surface area contributed by atoms with Crippen molar-refractivity contribution in [2.75, 3.05) is 24.6 Å². The fraction of sp³-hybridized carbons (Fsp3) is 0.286. The SMILES string of the molecule is CC(C)OCC(=O)N1CCN(c2cccc3c2cnn3-c2ccccc2F)C1=O. The number of carbonyl (C=O) groups is 2. The molecule has 0 N–H and O–H groups in total. The number of benzene rings is 2. The first-order chi connectivity index (χ1) is 14.0. The molecule has 1 fully saturated rings. The van der Waals surface area contributed by atoms with Crippen LogP contribution >= 0.6 is 0 Å². The standard InChI is InChI=1S/C21H21FN4O3/c1-14(2)29-13-20(27)25-11-10-24(21(25)28)17-8-5-9-18-15(17)12-23-26(18)19-7-4-3-6-16(19)22/h3-9,12,14H,10-11,13H2,1-2H3. The minimum Gasteiger partial charge on any atom is -0.369 e. The van der Waals surface area contributed by atoms with Crippen molar-refractivity contribution in [3.63, 3.8) is 0 Å². The van der Waals surface area contributed by atoms with Gasteiger partial charge >= 0.3 is 6.03 Å². The molecule has 0 aliphatic carbocycles. The lowest BCUT2D eigenvalue weighted by Crippen LogP contribution is -2.38. The van der Waals surface area contributed by atoms with Gasteiger partial charge in [0.15, 0.2) is 0 Å². The van der Waals surface area contributed by atoms with E-state index in [0.717, 1.165) is 0 Å². The van der Waals surface area contributed by atoms with Crippen molar-refractivity contribution in [2.24, 2.45) is 0 Å². The van der Waals surface area contributed by atoms with Crippen LogP contribution in [0.3, 0.4) is 0 Å². The summed E-state index contributed by atoms with van der Waals surface area (Å²) in [6, 6.07) is 11.4. The Morgan fingerprint density at radius 2 is 1.90 bits per heavy atom. The van der Waals surface area contributed by atoms with Crippen LogP contribution in [0.4, 0.5) is 14.9 Å². The smallest absolute Gasteiger partial charge is 0.331 e. The number of fused-ring (bicyclic) bond motifs is 1. The number of ether oxygens (including phenoxy) is 1. The van der Waals surface area contributed by atoms with Crippen molar-refractivity contribution in [2.45, 2.75) is 20.0 Å². The molecule has 1 saturated heterocycles. The lowest BCUT2D eigenvalue weighted by atomic mass is 10.2. The summed E-state index contributed by atoms with van der Waals surface area (Å²) in [5.41, 5.74) is 1.64. The normalized spacial score (nSPS) is 14.4. The van der Waals surface area contributed by atoms with Crippen molar-refractivity contribution in [3.8, 4) is 5.69 Å². The fourth-order valence-corrected chi connectivity index (χ4v) is 3.39. The Labute approximate surface area is 167 Å². The van der Waals surface area contributed by atoms with Gasteiger partial charge in [-0.25, -0.2) is 13.9 Å². The molecule has 0 atom stereocenters. The van der Waals surface area contributed by atoms with E-state index >= 15 is 0 Å². The lowest BCUT2D eigenvalue weighted by molar-refractivity contribution is -0.133. The number of para-hydroxylation sites is 1. The van der Waals surface area contributed by atoms with E-state index in [9.17, 15) is 14.0 Å². The number of carbonyl (C=O) groups excluding carboxylic acids is 2. The van der Waals surface area contributed by atoms with Gasteiger partial charge in [0.05, 0.1) is 23.5 Å². The van der Waals surface area contributed by atoms with Crippen molar-refractivity contribution >= 4 is 28.5 Å². The average Bonchev–Trinajstić information content (AvgIpc) is 3.30. The van der Waals surface area contributed by atoms with Crippen LogP contribution in [0.2, 0.25) is 0 Å². The van der Waals surface area contributed by atoms with E-state index in [-0.39, 0.29) is 31.0 Å². The molecule has 2 aromatic carbocycles. The highest BCUT2D eigenvalue weighted by Gasteiger charge is 2.35. The van der Waals surface area contributed by atoms with Crippen LogP contribution in [0.15, 0.2) is 48.7 Å². The number of rotatable bonds is 5. The zero-order valence-electron chi connectivity index (χ0n) is 16.2. The molecular weight excluding hydrogens is 375 g/mol. The first kappa shape index (κ1) is 19.1. The molecule has 0 unspecified atom stereocenters. The molecule has 0 saturated carbocycles. The van der Waals surface area contributed by atoms with E-state index in [1.54, 1.807) is 41.4 Å². The molecule has 7 nitrogen and oxygen atoms in total.